The third-order valence-electron chi connectivity index (χ3n) is 8.75. The average molecular weight is 759 g/mol. The normalized spacial score (nSPS) is 11.9. The van der Waals surface area contributed by atoms with Crippen LogP contribution in [0.1, 0.15) is 5.56 Å². The van der Waals surface area contributed by atoms with Crippen LogP contribution in [0, 0.1) is 19.1 Å². The molecule has 0 radical (unpaired) electrons. The zero-order valence-electron chi connectivity index (χ0n) is 23.9. The van der Waals surface area contributed by atoms with Gasteiger partial charge in [-0.3, -0.25) is 4.98 Å². The number of hydrogen-bond donors (Lipinski definition) is 0. The second kappa shape index (κ2) is 9.59. The number of fused-ring (bicyclic) bond motifs is 12. The van der Waals surface area contributed by atoms with Crippen molar-refractivity contribution in [3.63, 3.8) is 0 Å². The molecule has 0 spiro atoms. The molecule has 4 aromatic carbocycles. The Morgan fingerprint density at radius 2 is 1.31 bits per heavy atom. The fraction of sp³-hybridized carbons (Fsp3) is 0.0263. The summed E-state index contributed by atoms with van der Waals surface area (Å²) < 4.78 is 10.7. The smallest absolute Gasteiger partial charge is 0.503 e. The van der Waals surface area contributed by atoms with Crippen molar-refractivity contribution < 1.29 is 25.8 Å². The number of pyridine rings is 3. The van der Waals surface area contributed by atoms with Gasteiger partial charge in [0, 0.05) is 51.9 Å². The fourth-order valence-corrected chi connectivity index (χ4v) is 6.81. The minimum atomic E-state index is 0. The van der Waals surface area contributed by atoms with Gasteiger partial charge in [-0.15, -0.1) is 29.7 Å². The number of hydrogen-bond acceptors (Lipinski definition) is 4. The van der Waals surface area contributed by atoms with Crippen LogP contribution >= 0.6 is 0 Å². The van der Waals surface area contributed by atoms with E-state index in [0.717, 1.165) is 66.2 Å². The van der Waals surface area contributed by atoms with Gasteiger partial charge in [-0.1, -0.05) is 70.9 Å². The Balaban J connectivity index is 0.00000281. The summed E-state index contributed by atoms with van der Waals surface area (Å²) >= 11 is 0. The average Bonchev–Trinajstić information content (AvgIpc) is 3.75. The van der Waals surface area contributed by atoms with E-state index in [1.54, 1.807) is 0 Å². The van der Waals surface area contributed by atoms with Gasteiger partial charge >= 0.3 is 21.1 Å². The summed E-state index contributed by atoms with van der Waals surface area (Å²) in [6.07, 6.45) is 5.73. The Hall–Kier alpha value is -5.32. The number of rotatable bonds is 3. The molecule has 0 amide bonds. The number of ether oxygens (including phenoxy) is 1. The molecular weight excluding hydrogens is 738 g/mol. The second-order valence-corrected chi connectivity index (χ2v) is 11.2. The molecule has 0 saturated heterocycles. The van der Waals surface area contributed by atoms with Crippen LogP contribution in [-0.2, 0) is 21.1 Å². The third kappa shape index (κ3) is 3.63. The molecule has 10 aromatic rings. The van der Waals surface area contributed by atoms with Crippen molar-refractivity contribution in [3.05, 3.63) is 127 Å². The van der Waals surface area contributed by atoms with Crippen LogP contribution in [0.15, 0.2) is 110 Å². The number of para-hydroxylation sites is 1. The zero-order valence-corrected chi connectivity index (χ0v) is 26.1. The molecule has 10 rings (SSSR count). The van der Waals surface area contributed by atoms with Crippen LogP contribution in [0.25, 0.3) is 76.9 Å². The van der Waals surface area contributed by atoms with Crippen molar-refractivity contribution in [3.8, 4) is 22.8 Å². The summed E-state index contributed by atoms with van der Waals surface area (Å²) in [5, 5.41) is 7.56. The Morgan fingerprint density at radius 3 is 2.13 bits per heavy atom. The molecule has 0 bridgehead atoms. The Bertz CT molecular complexity index is 2780. The largest absolute Gasteiger partial charge is 2.00 e. The molecule has 0 aliphatic heterocycles. The van der Waals surface area contributed by atoms with Crippen LogP contribution in [0.2, 0.25) is 0 Å². The third-order valence-corrected chi connectivity index (χ3v) is 8.75. The van der Waals surface area contributed by atoms with Gasteiger partial charge in [0.2, 0.25) is 0 Å². The minimum Gasteiger partial charge on any atom is -0.503 e. The topological polar surface area (TPSA) is 56.7 Å². The van der Waals surface area contributed by atoms with E-state index in [9.17, 15) is 0 Å². The van der Waals surface area contributed by atoms with E-state index in [0.29, 0.717) is 11.5 Å². The molecule has 7 heteroatoms. The minimum absolute atomic E-state index is 0. The molecule has 214 valence electrons. The van der Waals surface area contributed by atoms with E-state index in [2.05, 4.69) is 88.7 Å². The van der Waals surface area contributed by atoms with E-state index in [4.69, 9.17) is 19.7 Å². The van der Waals surface area contributed by atoms with E-state index < -0.39 is 0 Å². The number of benzene rings is 4. The van der Waals surface area contributed by atoms with Gasteiger partial charge in [0.05, 0.1) is 11.3 Å². The Kier molecular flexibility index (Phi) is 5.56. The van der Waals surface area contributed by atoms with E-state index in [1.807, 2.05) is 48.8 Å². The standard InChI is InChI=1S/C38H21N5O.Pt/c1-22-7-2-3-8-25(22)33-21-42-36-30(11-5-17-39-36)26-15-13-23(19-32(26)38(42)41-33)44-24-14-16-27-28-9-4-10-29-31-12-6-18-40-37(31)43(35(28)29)34(27)20-24;/h2-18,21H,1H3;/q-2;+2. The first-order valence-electron chi connectivity index (χ1n) is 14.5. The second-order valence-electron chi connectivity index (χ2n) is 11.2. The van der Waals surface area contributed by atoms with Crippen molar-refractivity contribution in [2.45, 2.75) is 6.92 Å². The van der Waals surface area contributed by atoms with Crippen molar-refractivity contribution in [2.24, 2.45) is 0 Å². The van der Waals surface area contributed by atoms with Crippen LogP contribution in [0.5, 0.6) is 11.5 Å². The van der Waals surface area contributed by atoms with Gasteiger partial charge in [0.25, 0.3) is 0 Å². The summed E-state index contributed by atoms with van der Waals surface area (Å²) in [6.45, 7) is 2.11. The zero-order chi connectivity index (χ0) is 28.9. The summed E-state index contributed by atoms with van der Waals surface area (Å²) in [4.78, 5) is 14.6. The van der Waals surface area contributed by atoms with Gasteiger partial charge in [-0.2, -0.15) is 6.07 Å². The van der Waals surface area contributed by atoms with Crippen molar-refractivity contribution in [1.29, 1.82) is 0 Å². The summed E-state index contributed by atoms with van der Waals surface area (Å²) in [5.41, 5.74) is 7.83. The van der Waals surface area contributed by atoms with Crippen LogP contribution in [0.4, 0.5) is 0 Å². The predicted molar refractivity (Wildman–Crippen MR) is 175 cm³/mol. The quantitative estimate of drug-likeness (QED) is 0.134. The maximum Gasteiger partial charge on any atom is 2.00 e. The van der Waals surface area contributed by atoms with Crippen LogP contribution in [0.3, 0.4) is 0 Å². The fourth-order valence-electron chi connectivity index (χ4n) is 6.81. The number of aromatic nitrogens is 5. The number of aryl methyl sites for hydroxylation is 1. The molecule has 6 nitrogen and oxygen atoms in total. The molecule has 0 atom stereocenters. The molecule has 45 heavy (non-hydrogen) atoms. The van der Waals surface area contributed by atoms with Gasteiger partial charge < -0.3 is 13.5 Å². The molecule has 0 aliphatic carbocycles. The Morgan fingerprint density at radius 1 is 0.622 bits per heavy atom. The number of imidazole rings is 1. The molecular formula is C38H21N5OPt. The number of nitrogens with zero attached hydrogens (tertiary/aromatic N) is 5. The van der Waals surface area contributed by atoms with Gasteiger partial charge in [-0.25, -0.2) is 9.97 Å². The molecule has 0 saturated carbocycles. The van der Waals surface area contributed by atoms with Gasteiger partial charge in [-0.05, 0) is 41.5 Å². The molecule has 6 heterocycles. The van der Waals surface area contributed by atoms with Crippen LogP contribution < -0.4 is 4.74 Å². The van der Waals surface area contributed by atoms with E-state index >= 15 is 0 Å². The van der Waals surface area contributed by atoms with Crippen LogP contribution in [-0.4, -0.2) is 23.8 Å². The first-order valence-corrected chi connectivity index (χ1v) is 14.5. The van der Waals surface area contributed by atoms with E-state index in [1.165, 1.54) is 16.3 Å². The van der Waals surface area contributed by atoms with Gasteiger partial charge in [0.1, 0.15) is 11.3 Å². The SMILES string of the molecule is Cc1ccccc1-c1cn2c(n1)c1[c-]c(Oc3[c-]c4c(cc3)c3cccc5c6cccnc6n4c35)ccc1c1cccnc12.[Pt+2]. The first kappa shape index (κ1) is 26.1. The summed E-state index contributed by atoms with van der Waals surface area (Å²) in [7, 11) is 0. The Labute approximate surface area is 271 Å². The maximum absolute atomic E-state index is 6.47. The van der Waals surface area contributed by atoms with Crippen molar-refractivity contribution in [1.82, 2.24) is 23.8 Å². The van der Waals surface area contributed by atoms with Crippen molar-refractivity contribution >= 4 is 65.7 Å². The van der Waals surface area contributed by atoms with E-state index in [-0.39, 0.29) is 21.1 Å². The molecule has 0 unspecified atom stereocenters. The summed E-state index contributed by atoms with van der Waals surface area (Å²) in [6, 6.07) is 38.1. The summed E-state index contributed by atoms with van der Waals surface area (Å²) in [5.74, 6) is 1.20. The maximum atomic E-state index is 6.47. The first-order chi connectivity index (χ1) is 21.7. The molecule has 6 aromatic heterocycles. The monoisotopic (exact) mass is 758 g/mol. The molecule has 0 aliphatic rings. The molecule has 0 N–H and O–H groups in total. The van der Waals surface area contributed by atoms with Crippen molar-refractivity contribution in [2.75, 3.05) is 0 Å². The molecule has 0 fully saturated rings. The predicted octanol–water partition coefficient (Wildman–Crippen LogP) is 8.95. The van der Waals surface area contributed by atoms with Gasteiger partial charge in [0.15, 0.2) is 0 Å².